The number of carbonyl (C=O) groups is 2. The molecule has 120 valence electrons. The van der Waals surface area contributed by atoms with Crippen molar-refractivity contribution in [1.29, 1.82) is 0 Å². The second-order valence-electron chi connectivity index (χ2n) is 4.79. The van der Waals surface area contributed by atoms with Crippen LogP contribution in [0.15, 0.2) is 55.0 Å². The molecule has 6 nitrogen and oxygen atoms in total. The molecule has 0 saturated carbocycles. The Hall–Kier alpha value is -2.63. The highest BCUT2D eigenvalue weighted by Crippen LogP contribution is 2.10. The van der Waals surface area contributed by atoms with Gasteiger partial charge in [0, 0.05) is 19.3 Å². The van der Waals surface area contributed by atoms with Crippen LogP contribution in [0.3, 0.4) is 0 Å². The van der Waals surface area contributed by atoms with Gasteiger partial charge in [-0.2, -0.15) is 0 Å². The molecule has 1 N–H and O–H groups in total. The molecule has 0 saturated heterocycles. The summed E-state index contributed by atoms with van der Waals surface area (Å²) in [6.45, 7) is 15.5. The van der Waals surface area contributed by atoms with E-state index in [4.69, 9.17) is 4.74 Å². The summed E-state index contributed by atoms with van der Waals surface area (Å²) in [6.07, 6.45) is 5.69. The van der Waals surface area contributed by atoms with Crippen LogP contribution in [-0.2, 0) is 14.3 Å². The fourth-order valence-corrected chi connectivity index (χ4v) is 1.57. The van der Waals surface area contributed by atoms with Crippen molar-refractivity contribution in [3.63, 3.8) is 0 Å². The molecule has 0 bridgehead atoms. The van der Waals surface area contributed by atoms with E-state index in [9.17, 15) is 9.59 Å². The van der Waals surface area contributed by atoms with Crippen LogP contribution in [0.4, 0.5) is 0 Å². The minimum Gasteiger partial charge on any atom is -0.467 e. The van der Waals surface area contributed by atoms with E-state index in [2.05, 4.69) is 30.0 Å². The summed E-state index contributed by atoms with van der Waals surface area (Å²) in [5.41, 5.74) is -0.537. The highest BCUT2D eigenvalue weighted by atomic mass is 16.5. The summed E-state index contributed by atoms with van der Waals surface area (Å²) in [5.74, 6) is -0.421. The quantitative estimate of drug-likeness (QED) is 0.338. The van der Waals surface area contributed by atoms with Crippen LogP contribution in [-0.4, -0.2) is 35.3 Å². The third-order valence-electron chi connectivity index (χ3n) is 2.63. The number of methoxy groups -OCH3 is 1. The van der Waals surface area contributed by atoms with Gasteiger partial charge in [0.05, 0.1) is 12.8 Å². The van der Waals surface area contributed by atoms with Crippen LogP contribution in [0.25, 0.3) is 0 Å². The molecule has 0 rings (SSSR count). The first kappa shape index (κ1) is 19.4. The molecule has 0 spiro atoms. The van der Waals surface area contributed by atoms with Crippen molar-refractivity contribution < 1.29 is 14.3 Å². The maximum Gasteiger partial charge on any atom is 0.330 e. The van der Waals surface area contributed by atoms with E-state index in [1.54, 1.807) is 13.8 Å². The van der Waals surface area contributed by atoms with Gasteiger partial charge < -0.3 is 10.1 Å². The zero-order valence-corrected chi connectivity index (χ0v) is 13.5. The fraction of sp³-hybridized carbons (Fsp3) is 0.312. The van der Waals surface area contributed by atoms with Crippen molar-refractivity contribution in [2.24, 2.45) is 4.99 Å². The topological polar surface area (TPSA) is 71.0 Å². The molecule has 0 atom stereocenters. The lowest BCUT2D eigenvalue weighted by atomic mass is 10.1. The Bertz CT molecular complexity index is 531. The maximum absolute atomic E-state index is 11.8. The van der Waals surface area contributed by atoms with Crippen molar-refractivity contribution in [2.45, 2.75) is 26.3 Å². The Morgan fingerprint density at radius 1 is 1.23 bits per heavy atom. The Morgan fingerprint density at radius 3 is 2.18 bits per heavy atom. The number of esters is 1. The van der Waals surface area contributed by atoms with Gasteiger partial charge in [0.2, 0.25) is 5.91 Å². The normalized spacial score (nSPS) is 12.2. The number of hydrogen-bond acceptors (Lipinski definition) is 5. The second-order valence-corrected chi connectivity index (χ2v) is 4.79. The Kier molecular flexibility index (Phi) is 7.58. The molecule has 0 aromatic rings. The number of allylic oxidation sites excluding steroid dienone is 1. The lowest BCUT2D eigenvalue weighted by molar-refractivity contribution is -0.146. The summed E-state index contributed by atoms with van der Waals surface area (Å²) in [4.78, 5) is 28.7. The number of amides is 1. The molecule has 0 heterocycles. The Balaban J connectivity index is 5.63. The van der Waals surface area contributed by atoms with Crippen LogP contribution in [0.5, 0.6) is 0 Å². The first-order valence-corrected chi connectivity index (χ1v) is 6.55. The molecule has 0 aromatic heterocycles. The SMILES string of the molecule is C=C/N=C(/C=C)N(/C=C(\C=C)NC(C)(C)C(=O)OC)C(C)=O. The van der Waals surface area contributed by atoms with Crippen LogP contribution >= 0.6 is 0 Å². The number of aliphatic imine (C=N–C) groups is 1. The van der Waals surface area contributed by atoms with Gasteiger partial charge in [0.15, 0.2) is 0 Å². The summed E-state index contributed by atoms with van der Waals surface area (Å²) in [5, 5.41) is 2.96. The molecule has 0 aliphatic heterocycles. The van der Waals surface area contributed by atoms with Gasteiger partial charge in [0.25, 0.3) is 0 Å². The third-order valence-corrected chi connectivity index (χ3v) is 2.63. The Labute approximate surface area is 131 Å². The van der Waals surface area contributed by atoms with Crippen molar-refractivity contribution in [1.82, 2.24) is 10.2 Å². The largest absolute Gasteiger partial charge is 0.467 e. The predicted octanol–water partition coefficient (Wildman–Crippen LogP) is 2.13. The monoisotopic (exact) mass is 305 g/mol. The molecule has 0 aromatic carbocycles. The molecular weight excluding hydrogens is 282 g/mol. The van der Waals surface area contributed by atoms with E-state index in [-0.39, 0.29) is 5.91 Å². The number of rotatable bonds is 7. The maximum atomic E-state index is 11.8. The van der Waals surface area contributed by atoms with Crippen LogP contribution < -0.4 is 5.32 Å². The van der Waals surface area contributed by atoms with E-state index < -0.39 is 11.5 Å². The predicted molar refractivity (Wildman–Crippen MR) is 87.9 cm³/mol. The summed E-state index contributed by atoms with van der Waals surface area (Å²) in [7, 11) is 1.30. The number of amidine groups is 1. The number of ether oxygens (including phenoxy) is 1. The molecular formula is C16H23N3O3. The fourth-order valence-electron chi connectivity index (χ4n) is 1.57. The standard InChI is InChI=1S/C16H23N3O3/c1-8-13(18-16(5,6)15(21)22-7)11-19(12(4)20)14(9-2)17-10-3/h8-11,18H,1-3H2,4-7H3/b13-11+,17-14-. The van der Waals surface area contributed by atoms with E-state index in [0.29, 0.717) is 11.5 Å². The average molecular weight is 305 g/mol. The highest BCUT2D eigenvalue weighted by molar-refractivity contribution is 6.04. The molecule has 0 radical (unpaired) electrons. The number of nitrogens with one attached hydrogen (secondary N) is 1. The molecule has 22 heavy (non-hydrogen) atoms. The Morgan fingerprint density at radius 2 is 1.82 bits per heavy atom. The van der Waals surface area contributed by atoms with Crippen molar-refractivity contribution >= 4 is 17.7 Å². The van der Waals surface area contributed by atoms with Gasteiger partial charge in [-0.15, -0.1) is 0 Å². The summed E-state index contributed by atoms with van der Waals surface area (Å²) >= 11 is 0. The molecule has 0 aliphatic carbocycles. The second kappa shape index (κ2) is 8.61. The van der Waals surface area contributed by atoms with Crippen molar-refractivity contribution in [3.05, 3.63) is 50.0 Å². The molecule has 0 unspecified atom stereocenters. The van der Waals surface area contributed by atoms with E-state index >= 15 is 0 Å². The zero-order valence-electron chi connectivity index (χ0n) is 13.5. The summed E-state index contributed by atoms with van der Waals surface area (Å²) < 4.78 is 4.72. The average Bonchev–Trinajstić information content (AvgIpc) is 2.47. The smallest absolute Gasteiger partial charge is 0.330 e. The van der Waals surface area contributed by atoms with Gasteiger partial charge >= 0.3 is 5.97 Å². The van der Waals surface area contributed by atoms with Crippen LogP contribution in [0.2, 0.25) is 0 Å². The van der Waals surface area contributed by atoms with Gasteiger partial charge in [-0.1, -0.05) is 19.7 Å². The molecule has 6 heteroatoms. The van der Waals surface area contributed by atoms with E-state index in [1.165, 1.54) is 43.5 Å². The van der Waals surface area contributed by atoms with Gasteiger partial charge in [-0.3, -0.25) is 9.69 Å². The van der Waals surface area contributed by atoms with Crippen LogP contribution in [0, 0.1) is 0 Å². The molecule has 1 amide bonds. The minimum absolute atomic E-state index is 0.280. The minimum atomic E-state index is -0.985. The molecule has 0 aliphatic rings. The van der Waals surface area contributed by atoms with Crippen molar-refractivity contribution in [2.75, 3.05) is 7.11 Å². The van der Waals surface area contributed by atoms with E-state index in [0.717, 1.165) is 0 Å². The van der Waals surface area contributed by atoms with E-state index in [1.807, 2.05) is 0 Å². The number of hydrogen-bond donors (Lipinski definition) is 1. The number of carbonyl (C=O) groups excluding carboxylic acids is 2. The number of nitrogens with zero attached hydrogens (tertiary/aromatic N) is 2. The van der Waals surface area contributed by atoms with Gasteiger partial charge in [-0.05, 0) is 26.0 Å². The third kappa shape index (κ3) is 5.40. The summed E-state index contributed by atoms with van der Waals surface area (Å²) in [6, 6.07) is 0. The molecule has 0 fully saturated rings. The van der Waals surface area contributed by atoms with Crippen molar-refractivity contribution in [3.8, 4) is 0 Å². The first-order valence-electron chi connectivity index (χ1n) is 6.55. The van der Waals surface area contributed by atoms with Crippen LogP contribution in [0.1, 0.15) is 20.8 Å². The lowest BCUT2D eigenvalue weighted by Gasteiger charge is -2.26. The lowest BCUT2D eigenvalue weighted by Crippen LogP contribution is -2.47. The van der Waals surface area contributed by atoms with Gasteiger partial charge in [0.1, 0.15) is 11.4 Å². The van der Waals surface area contributed by atoms with Gasteiger partial charge in [-0.25, -0.2) is 9.79 Å². The highest BCUT2D eigenvalue weighted by Gasteiger charge is 2.29. The zero-order chi connectivity index (χ0) is 17.3. The first-order chi connectivity index (χ1) is 10.2.